The summed E-state index contributed by atoms with van der Waals surface area (Å²) < 4.78 is 5.40. The molecular formula is C11H14N2O2S. The third kappa shape index (κ3) is 3.86. The normalized spacial score (nSPS) is 9.56. The number of hydrogen-bond donors (Lipinski definition) is 2. The van der Waals surface area contributed by atoms with Gasteiger partial charge in [0.1, 0.15) is 5.75 Å². The molecule has 3 N–H and O–H groups in total. The lowest BCUT2D eigenvalue weighted by Gasteiger charge is -2.11. The Balaban J connectivity index is 2.72. The second kappa shape index (κ2) is 6.07. The van der Waals surface area contributed by atoms with E-state index in [1.54, 1.807) is 0 Å². The van der Waals surface area contributed by atoms with E-state index in [0.29, 0.717) is 17.3 Å². The SMILES string of the molecule is CCOc1ccccc1NC(=S)CC(N)=O. The number of thiocarbonyl (C=S) groups is 1. The van der Waals surface area contributed by atoms with Gasteiger partial charge in [-0.1, -0.05) is 24.4 Å². The first-order valence-electron chi connectivity index (χ1n) is 4.93. The largest absolute Gasteiger partial charge is 0.492 e. The Bertz CT molecular complexity index is 393. The predicted molar refractivity (Wildman–Crippen MR) is 67.6 cm³/mol. The van der Waals surface area contributed by atoms with Crippen molar-refractivity contribution in [3.05, 3.63) is 24.3 Å². The Hall–Kier alpha value is -1.62. The van der Waals surface area contributed by atoms with Crippen molar-refractivity contribution >= 4 is 28.8 Å². The molecule has 5 heteroatoms. The highest BCUT2D eigenvalue weighted by molar-refractivity contribution is 7.80. The number of ether oxygens (including phenoxy) is 1. The van der Waals surface area contributed by atoms with Crippen LogP contribution in [0.15, 0.2) is 24.3 Å². The van der Waals surface area contributed by atoms with E-state index < -0.39 is 5.91 Å². The van der Waals surface area contributed by atoms with Gasteiger partial charge in [-0.05, 0) is 19.1 Å². The molecule has 0 fully saturated rings. The third-order valence-corrected chi connectivity index (χ3v) is 2.04. The highest BCUT2D eigenvalue weighted by atomic mass is 32.1. The summed E-state index contributed by atoms with van der Waals surface area (Å²) >= 11 is 4.99. The molecule has 0 spiro atoms. The van der Waals surface area contributed by atoms with Crippen LogP contribution in [-0.4, -0.2) is 17.5 Å². The lowest BCUT2D eigenvalue weighted by molar-refractivity contribution is -0.116. The van der Waals surface area contributed by atoms with E-state index in [9.17, 15) is 4.79 Å². The Kier molecular flexibility index (Phi) is 4.72. The molecule has 86 valence electrons. The maximum absolute atomic E-state index is 10.7. The summed E-state index contributed by atoms with van der Waals surface area (Å²) in [6, 6.07) is 7.39. The average Bonchev–Trinajstić information content (AvgIpc) is 2.20. The number of amides is 1. The van der Waals surface area contributed by atoms with Crippen LogP contribution in [0.3, 0.4) is 0 Å². The van der Waals surface area contributed by atoms with Gasteiger partial charge in [-0.3, -0.25) is 4.79 Å². The molecule has 4 nitrogen and oxygen atoms in total. The van der Waals surface area contributed by atoms with Gasteiger partial charge < -0.3 is 15.8 Å². The summed E-state index contributed by atoms with van der Waals surface area (Å²) in [5, 5.41) is 2.93. The number of benzene rings is 1. The van der Waals surface area contributed by atoms with E-state index in [4.69, 9.17) is 22.7 Å². The maximum atomic E-state index is 10.7. The van der Waals surface area contributed by atoms with Crippen molar-refractivity contribution in [2.24, 2.45) is 5.73 Å². The fourth-order valence-electron chi connectivity index (χ4n) is 1.20. The van der Waals surface area contributed by atoms with Gasteiger partial charge in [0.2, 0.25) is 5.91 Å². The van der Waals surface area contributed by atoms with Crippen molar-refractivity contribution in [2.45, 2.75) is 13.3 Å². The quantitative estimate of drug-likeness (QED) is 0.766. The van der Waals surface area contributed by atoms with E-state index in [1.807, 2.05) is 31.2 Å². The van der Waals surface area contributed by atoms with Crippen LogP contribution in [0.1, 0.15) is 13.3 Å². The molecule has 0 bridgehead atoms. The first-order valence-corrected chi connectivity index (χ1v) is 5.34. The van der Waals surface area contributed by atoms with Crippen molar-refractivity contribution in [3.8, 4) is 5.75 Å². The number of carbonyl (C=O) groups is 1. The molecule has 0 saturated heterocycles. The average molecular weight is 238 g/mol. The van der Waals surface area contributed by atoms with Crippen LogP contribution in [0.5, 0.6) is 5.75 Å². The first-order chi connectivity index (χ1) is 7.63. The highest BCUT2D eigenvalue weighted by Gasteiger charge is 2.06. The van der Waals surface area contributed by atoms with Gasteiger partial charge >= 0.3 is 0 Å². The third-order valence-electron chi connectivity index (χ3n) is 1.80. The number of primary amides is 1. The zero-order valence-electron chi connectivity index (χ0n) is 9.03. The highest BCUT2D eigenvalue weighted by Crippen LogP contribution is 2.23. The van der Waals surface area contributed by atoms with Crippen molar-refractivity contribution in [3.63, 3.8) is 0 Å². The van der Waals surface area contributed by atoms with Crippen molar-refractivity contribution in [1.82, 2.24) is 0 Å². The van der Waals surface area contributed by atoms with Crippen molar-refractivity contribution in [2.75, 3.05) is 11.9 Å². The minimum Gasteiger partial charge on any atom is -0.492 e. The van der Waals surface area contributed by atoms with Crippen LogP contribution >= 0.6 is 12.2 Å². The second-order valence-corrected chi connectivity index (χ2v) is 3.61. The predicted octanol–water partition coefficient (Wildman–Crippen LogP) is 1.70. The van der Waals surface area contributed by atoms with E-state index in [2.05, 4.69) is 5.32 Å². The minimum atomic E-state index is -0.452. The molecule has 0 heterocycles. The minimum absolute atomic E-state index is 0.0375. The summed E-state index contributed by atoms with van der Waals surface area (Å²) in [6.45, 7) is 2.47. The molecular weight excluding hydrogens is 224 g/mol. The molecule has 1 aromatic carbocycles. The smallest absolute Gasteiger partial charge is 0.224 e. The Morgan fingerprint density at radius 2 is 2.19 bits per heavy atom. The van der Waals surface area contributed by atoms with Crippen LogP contribution in [0.25, 0.3) is 0 Å². The second-order valence-electron chi connectivity index (χ2n) is 3.12. The van der Waals surface area contributed by atoms with Gasteiger partial charge in [0, 0.05) is 0 Å². The number of hydrogen-bond acceptors (Lipinski definition) is 3. The fourth-order valence-corrected chi connectivity index (χ4v) is 1.46. The Morgan fingerprint density at radius 3 is 2.81 bits per heavy atom. The molecule has 1 amide bonds. The zero-order chi connectivity index (χ0) is 12.0. The number of carbonyl (C=O) groups excluding carboxylic acids is 1. The Labute approximate surface area is 99.8 Å². The number of para-hydroxylation sites is 2. The van der Waals surface area contributed by atoms with Gasteiger partial charge in [-0.15, -0.1) is 0 Å². The molecule has 0 aliphatic carbocycles. The number of nitrogens with two attached hydrogens (primary N) is 1. The van der Waals surface area contributed by atoms with Crippen molar-refractivity contribution < 1.29 is 9.53 Å². The maximum Gasteiger partial charge on any atom is 0.224 e. The molecule has 1 aromatic rings. The van der Waals surface area contributed by atoms with E-state index in [1.165, 1.54) is 0 Å². The molecule has 0 radical (unpaired) electrons. The van der Waals surface area contributed by atoms with Crippen LogP contribution in [-0.2, 0) is 4.79 Å². The summed E-state index contributed by atoms with van der Waals surface area (Å²) in [5.41, 5.74) is 5.79. The summed E-state index contributed by atoms with van der Waals surface area (Å²) in [5.74, 6) is 0.253. The Morgan fingerprint density at radius 1 is 1.50 bits per heavy atom. The van der Waals surface area contributed by atoms with E-state index in [-0.39, 0.29) is 6.42 Å². The lowest BCUT2D eigenvalue weighted by Crippen LogP contribution is -2.20. The van der Waals surface area contributed by atoms with Gasteiger partial charge in [-0.25, -0.2) is 0 Å². The van der Waals surface area contributed by atoms with E-state index >= 15 is 0 Å². The van der Waals surface area contributed by atoms with Crippen LogP contribution in [0, 0.1) is 0 Å². The molecule has 0 unspecified atom stereocenters. The summed E-state index contributed by atoms with van der Waals surface area (Å²) in [7, 11) is 0. The van der Waals surface area contributed by atoms with Gasteiger partial charge in [-0.2, -0.15) is 0 Å². The van der Waals surface area contributed by atoms with Crippen LogP contribution in [0.4, 0.5) is 5.69 Å². The topological polar surface area (TPSA) is 64.3 Å². The number of nitrogens with one attached hydrogen (secondary N) is 1. The van der Waals surface area contributed by atoms with Crippen molar-refractivity contribution in [1.29, 1.82) is 0 Å². The van der Waals surface area contributed by atoms with Gasteiger partial charge in [0.25, 0.3) is 0 Å². The van der Waals surface area contributed by atoms with Crippen LogP contribution < -0.4 is 15.8 Å². The van der Waals surface area contributed by atoms with E-state index in [0.717, 1.165) is 5.69 Å². The molecule has 1 rings (SSSR count). The number of rotatable bonds is 5. The monoisotopic (exact) mass is 238 g/mol. The molecule has 16 heavy (non-hydrogen) atoms. The molecule has 0 saturated carbocycles. The lowest BCUT2D eigenvalue weighted by atomic mass is 10.3. The van der Waals surface area contributed by atoms with Gasteiger partial charge in [0.15, 0.2) is 0 Å². The van der Waals surface area contributed by atoms with Gasteiger partial charge in [0.05, 0.1) is 23.7 Å². The van der Waals surface area contributed by atoms with Crippen LogP contribution in [0.2, 0.25) is 0 Å². The first kappa shape index (κ1) is 12.4. The molecule has 0 aliphatic rings. The summed E-state index contributed by atoms with van der Waals surface area (Å²) in [6.07, 6.45) is 0.0375. The molecule has 0 aliphatic heterocycles. The fraction of sp³-hybridized carbons (Fsp3) is 0.273. The standard InChI is InChI=1S/C11H14N2O2S/c1-2-15-9-6-4-3-5-8(9)13-11(16)7-10(12)14/h3-6H,2,7H2,1H3,(H2,12,14)(H,13,16). The molecule has 0 atom stereocenters. The zero-order valence-corrected chi connectivity index (χ0v) is 9.84. The number of anilines is 1. The summed E-state index contributed by atoms with van der Waals surface area (Å²) in [4.78, 5) is 11.1. The molecule has 0 aromatic heterocycles.